The molecule has 4 rings (SSSR count). The van der Waals surface area contributed by atoms with Crippen molar-refractivity contribution < 1.29 is 19.4 Å². The smallest absolute Gasteiger partial charge is 0.341 e. The molecule has 0 saturated carbocycles. The summed E-state index contributed by atoms with van der Waals surface area (Å²) >= 11 is 20.7. The second kappa shape index (κ2) is 12.5. The van der Waals surface area contributed by atoms with Crippen molar-refractivity contribution in [1.29, 1.82) is 0 Å². The number of thioether (sulfide) groups is 1. The van der Waals surface area contributed by atoms with Gasteiger partial charge in [0.1, 0.15) is 11.4 Å². The zero-order chi connectivity index (χ0) is 29.0. The molecule has 4 aromatic rings. The number of amides is 1. The van der Waals surface area contributed by atoms with Crippen molar-refractivity contribution in [2.75, 3.05) is 17.7 Å². The first-order chi connectivity index (χ1) is 18.9. The van der Waals surface area contributed by atoms with Gasteiger partial charge in [0.2, 0.25) is 11.1 Å². The van der Waals surface area contributed by atoms with Gasteiger partial charge >= 0.3 is 5.97 Å². The molecule has 1 aromatic heterocycles. The van der Waals surface area contributed by atoms with Crippen molar-refractivity contribution in [3.63, 3.8) is 0 Å². The van der Waals surface area contributed by atoms with E-state index in [1.165, 1.54) is 4.68 Å². The number of hydrogen-bond donors (Lipinski definition) is 2. The molecule has 0 unspecified atom stereocenters. The van der Waals surface area contributed by atoms with Gasteiger partial charge in [-0.3, -0.25) is 4.79 Å². The van der Waals surface area contributed by atoms with Gasteiger partial charge in [-0.1, -0.05) is 85.5 Å². The van der Waals surface area contributed by atoms with E-state index >= 15 is 0 Å². The molecule has 13 heteroatoms. The Morgan fingerprint density at radius 3 is 2.23 bits per heavy atom. The van der Waals surface area contributed by atoms with Gasteiger partial charge in [-0.2, -0.15) is 4.68 Å². The maximum absolute atomic E-state index is 12.7. The summed E-state index contributed by atoms with van der Waals surface area (Å²) in [7, 11) is 0. The summed E-state index contributed by atoms with van der Waals surface area (Å²) in [6, 6.07) is 15.8. The van der Waals surface area contributed by atoms with Gasteiger partial charge in [0.25, 0.3) is 0 Å². The normalized spacial score (nSPS) is 11.3. The molecule has 0 aliphatic rings. The quantitative estimate of drug-likeness (QED) is 0.197. The van der Waals surface area contributed by atoms with Crippen LogP contribution < -0.4 is 10.1 Å². The predicted octanol–water partition coefficient (Wildman–Crippen LogP) is 6.78. The maximum atomic E-state index is 12.7. The number of halogens is 3. The molecule has 0 spiro atoms. The van der Waals surface area contributed by atoms with Gasteiger partial charge in [-0.05, 0) is 68.9 Å². The Bertz CT molecular complexity index is 1530. The fourth-order valence-electron chi connectivity index (χ4n) is 3.61. The Hall–Kier alpha value is -3.31. The van der Waals surface area contributed by atoms with E-state index in [9.17, 15) is 9.59 Å². The van der Waals surface area contributed by atoms with E-state index in [-0.39, 0.29) is 17.1 Å². The SMILES string of the molecule is CC(C)(C)c1cc(Cl)c(-n2nnnc2SCC(=O)Nc2ccc(-c3ccc(OCC(=O)O)cc3)cc2Cl)c(Cl)c1. The minimum absolute atomic E-state index is 0.00553. The van der Waals surface area contributed by atoms with Gasteiger partial charge in [-0.15, -0.1) is 5.10 Å². The fourth-order valence-corrected chi connectivity index (χ4v) is 5.16. The van der Waals surface area contributed by atoms with E-state index in [1.807, 2.05) is 18.2 Å². The summed E-state index contributed by atoms with van der Waals surface area (Å²) in [4.78, 5) is 23.4. The molecule has 208 valence electrons. The minimum atomic E-state index is -1.05. The number of anilines is 1. The van der Waals surface area contributed by atoms with Crippen LogP contribution in [0.4, 0.5) is 5.69 Å². The molecular formula is C27H24Cl3N5O4S. The highest BCUT2D eigenvalue weighted by Crippen LogP contribution is 2.36. The van der Waals surface area contributed by atoms with Gasteiger partial charge in [0, 0.05) is 0 Å². The molecule has 0 radical (unpaired) electrons. The van der Waals surface area contributed by atoms with Crippen LogP contribution in [0.15, 0.2) is 59.8 Å². The Balaban J connectivity index is 1.41. The summed E-state index contributed by atoms with van der Waals surface area (Å²) in [5.41, 5.74) is 3.36. The largest absolute Gasteiger partial charge is 0.482 e. The zero-order valence-corrected chi connectivity index (χ0v) is 24.7. The first kappa shape index (κ1) is 29.7. The van der Waals surface area contributed by atoms with Crippen molar-refractivity contribution >= 4 is 64.1 Å². The third-order valence-corrected chi connectivity index (χ3v) is 7.47. The van der Waals surface area contributed by atoms with E-state index in [0.717, 1.165) is 28.5 Å². The lowest BCUT2D eigenvalue weighted by Crippen LogP contribution is -2.15. The van der Waals surface area contributed by atoms with Crippen LogP contribution in [0.2, 0.25) is 15.1 Å². The molecule has 9 nitrogen and oxygen atoms in total. The zero-order valence-electron chi connectivity index (χ0n) is 21.6. The summed E-state index contributed by atoms with van der Waals surface area (Å²) in [5.74, 6) is -0.915. The Kier molecular flexibility index (Phi) is 9.25. The molecule has 0 fully saturated rings. The number of nitrogens with one attached hydrogen (secondary N) is 1. The molecule has 0 bridgehead atoms. The number of aromatic nitrogens is 4. The second-order valence-corrected chi connectivity index (χ2v) is 11.8. The number of benzene rings is 3. The average Bonchev–Trinajstić information content (AvgIpc) is 3.35. The molecule has 0 aliphatic carbocycles. The first-order valence-corrected chi connectivity index (χ1v) is 14.0. The molecule has 0 atom stereocenters. The number of carboxylic acids is 1. The van der Waals surface area contributed by atoms with Crippen molar-refractivity contribution in [1.82, 2.24) is 20.2 Å². The van der Waals surface area contributed by atoms with Crippen molar-refractivity contribution in [2.45, 2.75) is 31.3 Å². The third kappa shape index (κ3) is 7.25. The lowest BCUT2D eigenvalue weighted by Gasteiger charge is -2.21. The van der Waals surface area contributed by atoms with Crippen molar-refractivity contribution in [3.05, 3.63) is 75.2 Å². The number of tetrazole rings is 1. The van der Waals surface area contributed by atoms with Crippen LogP contribution in [0, 0.1) is 0 Å². The Morgan fingerprint density at radius 2 is 1.62 bits per heavy atom. The monoisotopic (exact) mass is 619 g/mol. The van der Waals surface area contributed by atoms with E-state index in [2.05, 4.69) is 41.6 Å². The van der Waals surface area contributed by atoms with Gasteiger partial charge in [0.05, 0.1) is 26.5 Å². The molecular weight excluding hydrogens is 597 g/mol. The number of ether oxygens (including phenoxy) is 1. The first-order valence-electron chi connectivity index (χ1n) is 11.9. The molecule has 0 saturated heterocycles. The molecule has 2 N–H and O–H groups in total. The number of carboxylic acid groups (broad SMARTS) is 1. The van der Waals surface area contributed by atoms with Gasteiger partial charge in [0.15, 0.2) is 6.61 Å². The van der Waals surface area contributed by atoms with Crippen LogP contribution >= 0.6 is 46.6 Å². The van der Waals surface area contributed by atoms with Crippen LogP contribution in [0.5, 0.6) is 5.75 Å². The molecule has 0 aliphatic heterocycles. The Morgan fingerprint density at radius 1 is 0.975 bits per heavy atom. The van der Waals surface area contributed by atoms with Crippen molar-refractivity contribution in [3.8, 4) is 22.6 Å². The third-order valence-electron chi connectivity index (χ3n) is 5.66. The maximum Gasteiger partial charge on any atom is 0.341 e. The van der Waals surface area contributed by atoms with Crippen LogP contribution in [0.1, 0.15) is 26.3 Å². The summed E-state index contributed by atoms with van der Waals surface area (Å²) in [6.07, 6.45) is 0. The summed E-state index contributed by atoms with van der Waals surface area (Å²) in [6.45, 7) is 5.76. The lowest BCUT2D eigenvalue weighted by atomic mass is 9.87. The topological polar surface area (TPSA) is 119 Å². The van der Waals surface area contributed by atoms with E-state index in [0.29, 0.717) is 37.3 Å². The van der Waals surface area contributed by atoms with E-state index in [4.69, 9.17) is 44.6 Å². The molecule has 1 heterocycles. The number of rotatable bonds is 9. The highest BCUT2D eigenvalue weighted by Gasteiger charge is 2.22. The standard InChI is InChI=1S/C27H24Cl3N5O4S/c1-27(2,3)17-11-20(29)25(21(30)12-17)35-26(32-33-34-35)40-14-23(36)31-22-9-6-16(10-19(22)28)15-4-7-18(8-5-15)39-13-24(37)38/h4-12H,13-14H2,1-3H3,(H,31,36)(H,37,38). The van der Waals surface area contributed by atoms with Gasteiger partial charge < -0.3 is 15.2 Å². The Labute approximate surface area is 249 Å². The number of aliphatic carboxylic acids is 1. The van der Waals surface area contributed by atoms with E-state index in [1.54, 1.807) is 36.4 Å². The summed E-state index contributed by atoms with van der Waals surface area (Å²) < 4.78 is 6.57. The molecule has 40 heavy (non-hydrogen) atoms. The van der Waals surface area contributed by atoms with Crippen LogP contribution in [-0.2, 0) is 15.0 Å². The van der Waals surface area contributed by atoms with Crippen LogP contribution in [0.25, 0.3) is 16.8 Å². The minimum Gasteiger partial charge on any atom is -0.482 e. The molecule has 3 aromatic carbocycles. The van der Waals surface area contributed by atoms with Crippen LogP contribution in [0.3, 0.4) is 0 Å². The second-order valence-electron chi connectivity index (χ2n) is 9.65. The lowest BCUT2D eigenvalue weighted by molar-refractivity contribution is -0.139. The molecule has 1 amide bonds. The summed E-state index contributed by atoms with van der Waals surface area (Å²) in [5, 5.41) is 24.8. The predicted molar refractivity (Wildman–Crippen MR) is 157 cm³/mol. The van der Waals surface area contributed by atoms with Crippen molar-refractivity contribution in [2.24, 2.45) is 0 Å². The highest BCUT2D eigenvalue weighted by atomic mass is 35.5. The fraction of sp³-hybridized carbons (Fsp3) is 0.222. The number of carbonyl (C=O) groups is 2. The van der Waals surface area contributed by atoms with Crippen LogP contribution in [-0.4, -0.2) is 49.6 Å². The average molecular weight is 621 g/mol. The number of nitrogens with zero attached hydrogens (tertiary/aromatic N) is 4. The number of hydrogen-bond acceptors (Lipinski definition) is 7. The van der Waals surface area contributed by atoms with Gasteiger partial charge in [-0.25, -0.2) is 4.79 Å². The number of carbonyl (C=O) groups excluding carboxylic acids is 1. The van der Waals surface area contributed by atoms with E-state index < -0.39 is 12.6 Å². The highest BCUT2D eigenvalue weighted by molar-refractivity contribution is 7.99.